The summed E-state index contributed by atoms with van der Waals surface area (Å²) in [7, 11) is -2.80. The molecule has 0 spiro atoms. The second kappa shape index (κ2) is 11.4. The number of benzene rings is 6. The first-order chi connectivity index (χ1) is 19.9. The quantitative estimate of drug-likeness (QED) is 0.108. The standard InChI is InChI=1S/C39H33ClSi/c1-28-4-10-31(11-5-28)34-16-22-37(23-17-34)41(40,38-24-18-35(19-25-38)32-12-6-29(2)7-13-32)39-26-20-36(21-27-39)33-14-8-30(3)9-15-33/h4-27H,1-3H3. The van der Waals surface area contributed by atoms with Crippen LogP contribution >= 0.6 is 11.1 Å². The van der Waals surface area contributed by atoms with Crippen LogP contribution in [0.1, 0.15) is 16.7 Å². The van der Waals surface area contributed by atoms with Crippen molar-refractivity contribution in [1.29, 1.82) is 0 Å². The Labute approximate surface area is 249 Å². The zero-order valence-electron chi connectivity index (χ0n) is 23.7. The van der Waals surface area contributed by atoms with Crippen LogP contribution in [0.5, 0.6) is 0 Å². The third kappa shape index (κ3) is 5.57. The Balaban J connectivity index is 1.41. The summed E-state index contributed by atoms with van der Waals surface area (Å²) in [5.41, 5.74) is 11.0. The lowest BCUT2D eigenvalue weighted by Gasteiger charge is -2.27. The Morgan fingerprint density at radius 1 is 0.293 bits per heavy atom. The molecule has 0 unspecified atom stereocenters. The van der Waals surface area contributed by atoms with Crippen LogP contribution < -0.4 is 15.6 Å². The van der Waals surface area contributed by atoms with Gasteiger partial charge in [0.05, 0.1) is 0 Å². The molecule has 0 aromatic heterocycles. The number of hydrogen-bond donors (Lipinski definition) is 0. The monoisotopic (exact) mass is 564 g/mol. The Morgan fingerprint density at radius 2 is 0.463 bits per heavy atom. The summed E-state index contributed by atoms with van der Waals surface area (Å²) in [4.78, 5) is 0. The van der Waals surface area contributed by atoms with Gasteiger partial charge in [-0.25, -0.2) is 0 Å². The normalized spacial score (nSPS) is 11.4. The minimum Gasteiger partial charge on any atom is -0.149 e. The van der Waals surface area contributed by atoms with Crippen molar-refractivity contribution in [3.05, 3.63) is 162 Å². The van der Waals surface area contributed by atoms with Crippen LogP contribution in [0.4, 0.5) is 0 Å². The molecule has 0 bridgehead atoms. The van der Waals surface area contributed by atoms with Crippen LogP contribution in [0, 0.1) is 20.8 Å². The zero-order valence-corrected chi connectivity index (χ0v) is 25.5. The van der Waals surface area contributed by atoms with Gasteiger partial charge < -0.3 is 0 Å². The van der Waals surface area contributed by atoms with Crippen molar-refractivity contribution in [2.75, 3.05) is 0 Å². The third-order valence-corrected chi connectivity index (χ3v) is 13.4. The first-order valence-corrected chi connectivity index (χ1v) is 17.1. The van der Waals surface area contributed by atoms with Gasteiger partial charge in [0.25, 0.3) is 0 Å². The van der Waals surface area contributed by atoms with Crippen LogP contribution in [0.2, 0.25) is 0 Å². The smallest absolute Gasteiger partial charge is 0.149 e. The zero-order chi connectivity index (χ0) is 28.4. The lowest BCUT2D eigenvalue weighted by Crippen LogP contribution is -2.62. The van der Waals surface area contributed by atoms with Crippen LogP contribution in [0.3, 0.4) is 0 Å². The molecule has 0 aliphatic carbocycles. The molecule has 6 rings (SSSR count). The second-order valence-corrected chi connectivity index (χ2v) is 15.7. The van der Waals surface area contributed by atoms with Gasteiger partial charge in [-0.3, -0.25) is 0 Å². The van der Waals surface area contributed by atoms with E-state index in [-0.39, 0.29) is 0 Å². The maximum atomic E-state index is 7.91. The fraction of sp³-hybridized carbons (Fsp3) is 0.0769. The van der Waals surface area contributed by atoms with E-state index in [4.69, 9.17) is 11.1 Å². The van der Waals surface area contributed by atoms with Gasteiger partial charge in [0.15, 0.2) is 0 Å². The van der Waals surface area contributed by atoms with Crippen LogP contribution in [-0.4, -0.2) is 7.38 Å². The average molecular weight is 565 g/mol. The lowest BCUT2D eigenvalue weighted by molar-refractivity contribution is 1.47. The molecule has 41 heavy (non-hydrogen) atoms. The van der Waals surface area contributed by atoms with Crippen molar-refractivity contribution in [3.8, 4) is 33.4 Å². The molecule has 0 fully saturated rings. The first-order valence-electron chi connectivity index (χ1n) is 14.1. The second-order valence-electron chi connectivity index (χ2n) is 11.0. The predicted octanol–water partition coefficient (Wildman–Crippen LogP) is 8.82. The van der Waals surface area contributed by atoms with E-state index in [0.29, 0.717) is 0 Å². The van der Waals surface area contributed by atoms with E-state index in [1.165, 1.54) is 65.6 Å². The summed E-state index contributed by atoms with van der Waals surface area (Å²) in [6.07, 6.45) is 0. The van der Waals surface area contributed by atoms with Gasteiger partial charge in [-0.05, 0) is 69.7 Å². The Hall–Kier alpha value is -4.17. The number of hydrogen-bond acceptors (Lipinski definition) is 0. The molecular weight excluding hydrogens is 532 g/mol. The van der Waals surface area contributed by atoms with Crippen molar-refractivity contribution >= 4 is 34.0 Å². The van der Waals surface area contributed by atoms with Gasteiger partial charge in [0.1, 0.15) is 0 Å². The van der Waals surface area contributed by atoms with Gasteiger partial charge in [0, 0.05) is 0 Å². The minimum atomic E-state index is -2.80. The molecule has 0 saturated heterocycles. The SMILES string of the molecule is Cc1ccc(-c2ccc([Si](Cl)(c3ccc(-c4ccc(C)cc4)cc3)c3ccc(-c4ccc(C)cc4)cc3)cc2)cc1. The third-order valence-electron chi connectivity index (χ3n) is 8.00. The molecular formula is C39H33ClSi. The Kier molecular flexibility index (Phi) is 7.49. The molecule has 6 aromatic rings. The fourth-order valence-corrected chi connectivity index (χ4v) is 9.43. The van der Waals surface area contributed by atoms with Gasteiger partial charge in [-0.2, -0.15) is 0 Å². The van der Waals surface area contributed by atoms with Crippen molar-refractivity contribution in [1.82, 2.24) is 0 Å². The highest BCUT2D eigenvalue weighted by Crippen LogP contribution is 2.24. The molecule has 0 radical (unpaired) electrons. The molecule has 0 saturated carbocycles. The molecule has 0 aliphatic rings. The van der Waals surface area contributed by atoms with E-state index in [9.17, 15) is 0 Å². The van der Waals surface area contributed by atoms with E-state index in [2.05, 4.69) is 166 Å². The van der Waals surface area contributed by atoms with Crippen LogP contribution in [-0.2, 0) is 0 Å². The molecule has 0 nitrogen and oxygen atoms in total. The highest BCUT2D eigenvalue weighted by atomic mass is 35.6. The summed E-state index contributed by atoms with van der Waals surface area (Å²) in [6.45, 7) is 6.36. The summed E-state index contributed by atoms with van der Waals surface area (Å²) < 4.78 is 0. The maximum Gasteiger partial charge on any atom is 0.247 e. The van der Waals surface area contributed by atoms with Gasteiger partial charge in [-0.1, -0.05) is 162 Å². The predicted molar refractivity (Wildman–Crippen MR) is 180 cm³/mol. The van der Waals surface area contributed by atoms with E-state index < -0.39 is 7.38 Å². The molecule has 6 aromatic carbocycles. The molecule has 200 valence electrons. The topological polar surface area (TPSA) is 0 Å². The molecule has 0 amide bonds. The van der Waals surface area contributed by atoms with E-state index >= 15 is 0 Å². The van der Waals surface area contributed by atoms with Crippen molar-refractivity contribution in [2.24, 2.45) is 0 Å². The Bertz CT molecular complexity index is 1530. The number of aryl methyl sites for hydroxylation is 3. The van der Waals surface area contributed by atoms with Crippen molar-refractivity contribution in [2.45, 2.75) is 20.8 Å². The number of rotatable bonds is 6. The van der Waals surface area contributed by atoms with Gasteiger partial charge in [-0.15, -0.1) is 11.1 Å². The summed E-state index contributed by atoms with van der Waals surface area (Å²) >= 11 is 7.91. The molecule has 0 aliphatic heterocycles. The minimum absolute atomic E-state index is 1.18. The summed E-state index contributed by atoms with van der Waals surface area (Å²) in [5, 5.41) is 3.55. The van der Waals surface area contributed by atoms with E-state index in [0.717, 1.165) is 0 Å². The number of halogens is 1. The Morgan fingerprint density at radius 3 is 0.659 bits per heavy atom. The highest BCUT2D eigenvalue weighted by Gasteiger charge is 2.38. The summed E-state index contributed by atoms with van der Waals surface area (Å²) in [6, 6.07) is 52.8. The largest absolute Gasteiger partial charge is 0.247 e. The van der Waals surface area contributed by atoms with E-state index in [1.54, 1.807) is 0 Å². The lowest BCUT2D eigenvalue weighted by atomic mass is 10.0. The van der Waals surface area contributed by atoms with Crippen molar-refractivity contribution < 1.29 is 0 Å². The molecule has 2 heteroatoms. The highest BCUT2D eigenvalue weighted by molar-refractivity contribution is 7.40. The molecule has 0 atom stereocenters. The molecule has 0 heterocycles. The van der Waals surface area contributed by atoms with Gasteiger partial charge >= 0.3 is 0 Å². The summed E-state index contributed by atoms with van der Waals surface area (Å²) in [5.74, 6) is 0. The first kappa shape index (κ1) is 27.0. The molecule has 0 N–H and O–H groups in total. The fourth-order valence-electron chi connectivity index (χ4n) is 5.42. The van der Waals surface area contributed by atoms with Crippen LogP contribution in [0.15, 0.2) is 146 Å². The maximum absolute atomic E-state index is 7.91. The van der Waals surface area contributed by atoms with Crippen LogP contribution in [0.25, 0.3) is 33.4 Å². The van der Waals surface area contributed by atoms with E-state index in [1.807, 2.05) is 0 Å². The van der Waals surface area contributed by atoms with Crippen molar-refractivity contribution in [3.63, 3.8) is 0 Å². The average Bonchev–Trinajstić information content (AvgIpc) is 3.02. The van der Waals surface area contributed by atoms with Gasteiger partial charge in [0.2, 0.25) is 7.38 Å².